The molecule has 110 valence electrons. The van der Waals surface area contributed by atoms with E-state index in [0.29, 0.717) is 16.6 Å². The monoisotopic (exact) mass is 272 g/mol. The number of carbonyl (C=O) groups excluding carboxylic acids is 1. The second kappa shape index (κ2) is 3.99. The lowest BCUT2D eigenvalue weighted by Gasteiger charge is -2.63. The van der Waals surface area contributed by atoms with Gasteiger partial charge in [-0.05, 0) is 74.2 Å². The van der Waals surface area contributed by atoms with Crippen LogP contribution >= 0.6 is 0 Å². The topological polar surface area (TPSA) is 17.1 Å². The lowest BCUT2D eigenvalue weighted by molar-refractivity contribution is -0.138. The van der Waals surface area contributed by atoms with Crippen LogP contribution in [0.25, 0.3) is 0 Å². The van der Waals surface area contributed by atoms with Crippen molar-refractivity contribution >= 4 is 5.78 Å². The second-order valence-electron chi connectivity index (χ2n) is 8.24. The maximum absolute atomic E-state index is 12.9. The van der Waals surface area contributed by atoms with Gasteiger partial charge in [0.2, 0.25) is 0 Å². The first-order valence-electron chi connectivity index (χ1n) is 8.78. The highest BCUT2D eigenvalue weighted by molar-refractivity contribution is 5.98. The van der Waals surface area contributed by atoms with Crippen molar-refractivity contribution in [2.45, 2.75) is 65.7 Å². The van der Waals surface area contributed by atoms with Crippen LogP contribution in [0.1, 0.15) is 65.7 Å². The predicted molar refractivity (Wildman–Crippen MR) is 81.3 cm³/mol. The van der Waals surface area contributed by atoms with Crippen LogP contribution in [0.15, 0.2) is 11.6 Å². The Balaban J connectivity index is 1.87. The summed E-state index contributed by atoms with van der Waals surface area (Å²) in [7, 11) is 0. The molecule has 0 N–H and O–H groups in total. The number of hydrogen-bond acceptors (Lipinski definition) is 1. The van der Waals surface area contributed by atoms with E-state index in [1.165, 1.54) is 44.1 Å². The van der Waals surface area contributed by atoms with Gasteiger partial charge in [-0.25, -0.2) is 0 Å². The molecule has 0 radical (unpaired) electrons. The van der Waals surface area contributed by atoms with E-state index in [1.807, 2.05) is 0 Å². The Labute approximate surface area is 123 Å². The first-order valence-corrected chi connectivity index (χ1v) is 8.78. The van der Waals surface area contributed by atoms with Crippen LogP contribution in [-0.4, -0.2) is 5.78 Å². The Hall–Kier alpha value is -0.590. The van der Waals surface area contributed by atoms with Gasteiger partial charge in [0.1, 0.15) is 0 Å². The molecule has 4 aliphatic rings. The normalized spacial score (nSPS) is 56.0. The molecule has 0 bridgehead atoms. The van der Waals surface area contributed by atoms with Crippen LogP contribution in [0, 0.1) is 34.5 Å². The van der Waals surface area contributed by atoms with Gasteiger partial charge in [-0.3, -0.25) is 4.79 Å². The zero-order valence-corrected chi connectivity index (χ0v) is 13.2. The maximum Gasteiger partial charge on any atom is 0.161 e. The molecule has 20 heavy (non-hydrogen) atoms. The molecule has 4 rings (SSSR count). The fraction of sp³-hybridized carbons (Fsp3) is 0.842. The third kappa shape index (κ3) is 1.20. The average molecular weight is 272 g/mol. The van der Waals surface area contributed by atoms with Gasteiger partial charge < -0.3 is 0 Å². The highest BCUT2D eigenvalue weighted by atomic mass is 16.1. The second-order valence-corrected chi connectivity index (χ2v) is 8.24. The Bertz CT molecular complexity index is 490. The summed E-state index contributed by atoms with van der Waals surface area (Å²) in [5.74, 6) is 3.46. The van der Waals surface area contributed by atoms with Crippen molar-refractivity contribution in [3.8, 4) is 0 Å². The highest BCUT2D eigenvalue weighted by Crippen LogP contribution is 2.81. The molecule has 6 atom stereocenters. The molecule has 0 aromatic carbocycles. The van der Waals surface area contributed by atoms with E-state index in [1.54, 1.807) is 0 Å². The van der Waals surface area contributed by atoms with Gasteiger partial charge in [0, 0.05) is 11.3 Å². The number of rotatable bonds is 0. The SMILES string of the molecule is C/C=C1\C(=O)C(C)CCC2C(C)CC3CC14CCCC324. The largest absolute Gasteiger partial charge is 0.294 e. The van der Waals surface area contributed by atoms with Gasteiger partial charge in [-0.2, -0.15) is 0 Å². The number of ketones is 1. The maximum atomic E-state index is 12.9. The minimum atomic E-state index is 0.251. The highest BCUT2D eigenvalue weighted by Gasteiger charge is 2.74. The van der Waals surface area contributed by atoms with Crippen molar-refractivity contribution in [3.63, 3.8) is 0 Å². The average Bonchev–Trinajstić information content (AvgIpc) is 2.81. The molecular weight excluding hydrogens is 244 g/mol. The summed E-state index contributed by atoms with van der Waals surface area (Å²) < 4.78 is 0. The van der Waals surface area contributed by atoms with Gasteiger partial charge in [0.25, 0.3) is 0 Å². The molecule has 0 aromatic rings. The standard InChI is InChI=1S/C19H28O/c1-4-15-17(20)12(2)6-7-16-13(3)10-14-11-18(15)8-5-9-19(14,16)18/h4,12-14,16H,5-11H2,1-3H3/b15-4+. The van der Waals surface area contributed by atoms with Crippen LogP contribution in [-0.2, 0) is 4.79 Å². The van der Waals surface area contributed by atoms with Gasteiger partial charge in [0.15, 0.2) is 5.78 Å². The van der Waals surface area contributed by atoms with Crippen molar-refractivity contribution in [2.24, 2.45) is 34.5 Å². The number of hydrogen-bond donors (Lipinski definition) is 0. The molecule has 4 aliphatic carbocycles. The molecule has 0 aliphatic heterocycles. The van der Waals surface area contributed by atoms with Crippen molar-refractivity contribution in [3.05, 3.63) is 11.6 Å². The molecule has 4 saturated carbocycles. The molecule has 1 nitrogen and oxygen atoms in total. The van der Waals surface area contributed by atoms with Crippen molar-refractivity contribution < 1.29 is 4.79 Å². The van der Waals surface area contributed by atoms with E-state index in [9.17, 15) is 4.79 Å². The van der Waals surface area contributed by atoms with Gasteiger partial charge in [-0.15, -0.1) is 0 Å². The zero-order chi connectivity index (χ0) is 14.1. The van der Waals surface area contributed by atoms with Crippen LogP contribution in [0.3, 0.4) is 0 Å². The molecule has 0 heterocycles. The lowest BCUT2D eigenvalue weighted by atomic mass is 9.40. The summed E-state index contributed by atoms with van der Waals surface area (Å²) in [5, 5.41) is 0. The smallest absolute Gasteiger partial charge is 0.161 e. The number of carbonyl (C=O) groups is 1. The van der Waals surface area contributed by atoms with E-state index in [0.717, 1.165) is 24.2 Å². The first kappa shape index (κ1) is 13.1. The fourth-order valence-corrected chi connectivity index (χ4v) is 7.29. The van der Waals surface area contributed by atoms with Crippen molar-refractivity contribution in [1.29, 1.82) is 0 Å². The van der Waals surface area contributed by atoms with Crippen molar-refractivity contribution in [1.82, 2.24) is 0 Å². The minimum Gasteiger partial charge on any atom is -0.294 e. The van der Waals surface area contributed by atoms with Crippen LogP contribution in [0.2, 0.25) is 0 Å². The summed E-state index contributed by atoms with van der Waals surface area (Å²) in [5.41, 5.74) is 2.08. The third-order valence-corrected chi connectivity index (χ3v) is 7.84. The summed E-state index contributed by atoms with van der Waals surface area (Å²) in [6, 6.07) is 0. The number of Topliss-reactive ketones (excluding diaryl/α,β-unsaturated/α-hetero) is 1. The summed E-state index contributed by atoms with van der Waals surface area (Å²) in [4.78, 5) is 12.9. The third-order valence-electron chi connectivity index (χ3n) is 7.84. The molecule has 1 heteroatoms. The Morgan fingerprint density at radius 3 is 2.75 bits per heavy atom. The predicted octanol–water partition coefficient (Wildman–Crippen LogP) is 4.76. The van der Waals surface area contributed by atoms with Gasteiger partial charge in [-0.1, -0.05) is 26.3 Å². The fourth-order valence-electron chi connectivity index (χ4n) is 7.29. The summed E-state index contributed by atoms with van der Waals surface area (Å²) in [6.07, 6.45) is 11.5. The Morgan fingerprint density at radius 1 is 1.20 bits per heavy atom. The summed E-state index contributed by atoms with van der Waals surface area (Å²) in [6.45, 7) is 6.77. The zero-order valence-electron chi connectivity index (χ0n) is 13.2. The lowest BCUT2D eigenvalue weighted by Crippen LogP contribution is -2.58. The molecule has 0 aromatic heterocycles. The van der Waals surface area contributed by atoms with Crippen LogP contribution < -0.4 is 0 Å². The van der Waals surface area contributed by atoms with Crippen LogP contribution in [0.4, 0.5) is 0 Å². The van der Waals surface area contributed by atoms with Gasteiger partial charge >= 0.3 is 0 Å². The van der Waals surface area contributed by atoms with E-state index in [4.69, 9.17) is 0 Å². The molecule has 0 amide bonds. The first-order chi connectivity index (χ1) is 9.57. The molecule has 4 fully saturated rings. The quantitative estimate of drug-likeness (QED) is 0.581. The van der Waals surface area contributed by atoms with Crippen LogP contribution in [0.5, 0.6) is 0 Å². The molecule has 1 spiro atoms. The minimum absolute atomic E-state index is 0.251. The Morgan fingerprint density at radius 2 is 2.00 bits per heavy atom. The van der Waals surface area contributed by atoms with E-state index in [2.05, 4.69) is 26.8 Å². The van der Waals surface area contributed by atoms with E-state index in [-0.39, 0.29) is 5.92 Å². The van der Waals surface area contributed by atoms with Crippen molar-refractivity contribution in [2.75, 3.05) is 0 Å². The summed E-state index contributed by atoms with van der Waals surface area (Å²) >= 11 is 0. The Kier molecular flexibility index (Phi) is 2.61. The molecular formula is C19H28O. The molecule has 6 unspecified atom stereocenters. The van der Waals surface area contributed by atoms with E-state index < -0.39 is 0 Å². The van der Waals surface area contributed by atoms with Gasteiger partial charge in [0.05, 0.1) is 0 Å². The van der Waals surface area contributed by atoms with E-state index >= 15 is 0 Å². The number of allylic oxidation sites excluding steroid dienone is 2. The molecule has 0 saturated heterocycles.